The highest BCUT2D eigenvalue weighted by Gasteiger charge is 2.14. The highest BCUT2D eigenvalue weighted by atomic mass is 35.5. The predicted molar refractivity (Wildman–Crippen MR) is 99.8 cm³/mol. The van der Waals surface area contributed by atoms with Crippen LogP contribution in [0.25, 0.3) is 16.6 Å². The van der Waals surface area contributed by atoms with E-state index in [1.807, 2.05) is 31.2 Å². The number of esters is 1. The largest absolute Gasteiger partial charge is 0.456 e. The fourth-order valence-corrected chi connectivity index (χ4v) is 2.98. The number of aryl methyl sites for hydroxylation is 1. The zero-order valence-corrected chi connectivity index (χ0v) is 15.1. The molecule has 4 rings (SSSR count). The lowest BCUT2D eigenvalue weighted by atomic mass is 10.1. The quantitative estimate of drug-likeness (QED) is 0.504. The maximum Gasteiger partial charge on any atom is 0.338 e. The molecule has 0 fully saturated rings. The first kappa shape index (κ1) is 17.1. The van der Waals surface area contributed by atoms with Crippen LogP contribution in [0.15, 0.2) is 54.9 Å². The topological polar surface area (TPSA) is 82.8 Å². The molecule has 0 bridgehead atoms. The number of carbonyl (C=O) groups is 1. The van der Waals surface area contributed by atoms with Crippen molar-refractivity contribution in [2.45, 2.75) is 13.5 Å². The molecular formula is C19H14ClN5O2. The zero-order chi connectivity index (χ0) is 18.8. The number of hydrogen-bond acceptors (Lipinski definition) is 6. The molecular weight excluding hydrogens is 366 g/mol. The first-order chi connectivity index (χ1) is 13.1. The van der Waals surface area contributed by atoms with E-state index in [9.17, 15) is 4.79 Å². The van der Waals surface area contributed by atoms with Crippen LogP contribution in [-0.2, 0) is 11.3 Å². The molecule has 2 aromatic heterocycles. The molecule has 0 amide bonds. The predicted octanol–water partition coefficient (Wildman–Crippen LogP) is 3.53. The number of rotatable bonds is 4. The van der Waals surface area contributed by atoms with Crippen LogP contribution in [0.4, 0.5) is 0 Å². The van der Waals surface area contributed by atoms with Gasteiger partial charge in [0.1, 0.15) is 12.9 Å². The summed E-state index contributed by atoms with van der Waals surface area (Å²) in [5.74, 6) is -0.478. The third-order valence-electron chi connectivity index (χ3n) is 4.18. The fraction of sp³-hybridized carbons (Fsp3) is 0.105. The third-order valence-corrected chi connectivity index (χ3v) is 4.68. The molecule has 0 saturated carbocycles. The Morgan fingerprint density at radius 3 is 2.85 bits per heavy atom. The van der Waals surface area contributed by atoms with Gasteiger partial charge < -0.3 is 4.74 Å². The number of tetrazole rings is 1. The molecule has 0 N–H and O–H groups in total. The minimum absolute atomic E-state index is 0.0154. The lowest BCUT2D eigenvalue weighted by Gasteiger charge is -2.11. The number of halogens is 1. The number of carbonyl (C=O) groups excluding carboxylic acids is 1. The number of para-hydroxylation sites is 1. The summed E-state index contributed by atoms with van der Waals surface area (Å²) in [5, 5.41) is 12.5. The van der Waals surface area contributed by atoms with Crippen LogP contribution in [0.2, 0.25) is 5.02 Å². The maximum absolute atomic E-state index is 12.4. The van der Waals surface area contributed by atoms with E-state index in [1.165, 1.54) is 11.0 Å². The maximum atomic E-state index is 12.4. The van der Waals surface area contributed by atoms with Crippen molar-refractivity contribution in [3.05, 3.63) is 76.7 Å². The van der Waals surface area contributed by atoms with E-state index >= 15 is 0 Å². The molecule has 7 nitrogen and oxygen atoms in total. The Labute approximate surface area is 159 Å². The Morgan fingerprint density at radius 2 is 2.04 bits per heavy atom. The van der Waals surface area contributed by atoms with Gasteiger partial charge in [-0.05, 0) is 47.2 Å². The van der Waals surface area contributed by atoms with Gasteiger partial charge in [-0.2, -0.15) is 0 Å². The summed E-state index contributed by atoms with van der Waals surface area (Å²) >= 11 is 6.42. The van der Waals surface area contributed by atoms with Crippen LogP contribution in [-0.4, -0.2) is 31.2 Å². The smallest absolute Gasteiger partial charge is 0.338 e. The summed E-state index contributed by atoms with van der Waals surface area (Å²) in [6, 6.07) is 14.5. The molecule has 134 valence electrons. The van der Waals surface area contributed by atoms with Crippen molar-refractivity contribution in [2.75, 3.05) is 0 Å². The molecule has 2 aromatic carbocycles. The number of pyridine rings is 1. The molecule has 0 aliphatic carbocycles. The molecule has 0 unspecified atom stereocenters. The van der Waals surface area contributed by atoms with E-state index in [1.54, 1.807) is 24.3 Å². The van der Waals surface area contributed by atoms with Crippen molar-refractivity contribution in [3.63, 3.8) is 0 Å². The molecule has 0 saturated heterocycles. The Bertz CT molecular complexity index is 1130. The molecule has 27 heavy (non-hydrogen) atoms. The monoisotopic (exact) mass is 379 g/mol. The van der Waals surface area contributed by atoms with Gasteiger partial charge in [0.2, 0.25) is 0 Å². The van der Waals surface area contributed by atoms with Gasteiger partial charge in [0.15, 0.2) is 0 Å². The van der Waals surface area contributed by atoms with Gasteiger partial charge in [-0.25, -0.2) is 14.5 Å². The number of fused-ring (bicyclic) bond motifs is 1. The normalized spacial score (nSPS) is 10.9. The van der Waals surface area contributed by atoms with Crippen LogP contribution in [0.5, 0.6) is 0 Å². The molecule has 0 spiro atoms. The molecule has 2 heterocycles. The van der Waals surface area contributed by atoms with Gasteiger partial charge in [-0.3, -0.25) is 0 Å². The van der Waals surface area contributed by atoms with Gasteiger partial charge >= 0.3 is 5.97 Å². The van der Waals surface area contributed by atoms with Crippen LogP contribution >= 0.6 is 11.6 Å². The SMILES string of the molecule is Cc1c(Cl)c(COC(=O)c2cccc(-n3cnnn3)c2)nc2ccccc12. The van der Waals surface area contributed by atoms with E-state index in [4.69, 9.17) is 16.3 Å². The van der Waals surface area contributed by atoms with E-state index in [0.717, 1.165) is 16.5 Å². The van der Waals surface area contributed by atoms with E-state index in [0.29, 0.717) is 22.0 Å². The van der Waals surface area contributed by atoms with Crippen LogP contribution in [0, 0.1) is 6.92 Å². The van der Waals surface area contributed by atoms with Crippen molar-refractivity contribution in [1.29, 1.82) is 0 Å². The van der Waals surface area contributed by atoms with Crippen LogP contribution in [0.1, 0.15) is 21.6 Å². The van der Waals surface area contributed by atoms with Gasteiger partial charge in [0, 0.05) is 5.39 Å². The van der Waals surface area contributed by atoms with Crippen molar-refractivity contribution >= 4 is 28.5 Å². The molecule has 4 aromatic rings. The van der Waals surface area contributed by atoms with Crippen molar-refractivity contribution < 1.29 is 9.53 Å². The molecule has 8 heteroatoms. The highest BCUT2D eigenvalue weighted by Crippen LogP contribution is 2.27. The Morgan fingerprint density at radius 1 is 1.19 bits per heavy atom. The number of aromatic nitrogens is 5. The minimum atomic E-state index is -0.478. The average molecular weight is 380 g/mol. The van der Waals surface area contributed by atoms with Crippen LogP contribution < -0.4 is 0 Å². The summed E-state index contributed by atoms with van der Waals surface area (Å²) in [5.41, 5.74) is 3.29. The van der Waals surface area contributed by atoms with Gasteiger partial charge in [-0.1, -0.05) is 35.9 Å². The molecule has 0 aliphatic rings. The second-order valence-electron chi connectivity index (χ2n) is 5.90. The lowest BCUT2D eigenvalue weighted by Crippen LogP contribution is -2.08. The zero-order valence-electron chi connectivity index (χ0n) is 14.3. The summed E-state index contributed by atoms with van der Waals surface area (Å²) in [6.45, 7) is 1.91. The summed E-state index contributed by atoms with van der Waals surface area (Å²) in [6.07, 6.45) is 1.45. The Kier molecular flexibility index (Phi) is 4.52. The van der Waals surface area contributed by atoms with E-state index < -0.39 is 5.97 Å². The second-order valence-corrected chi connectivity index (χ2v) is 6.27. The van der Waals surface area contributed by atoms with Crippen molar-refractivity contribution in [2.24, 2.45) is 0 Å². The number of benzene rings is 2. The molecule has 0 atom stereocenters. The van der Waals surface area contributed by atoms with Crippen molar-refractivity contribution in [1.82, 2.24) is 25.2 Å². The summed E-state index contributed by atoms with van der Waals surface area (Å²) in [4.78, 5) is 17.0. The fourth-order valence-electron chi connectivity index (χ4n) is 2.79. The lowest BCUT2D eigenvalue weighted by molar-refractivity contribution is 0.0468. The number of ether oxygens (including phenoxy) is 1. The standard InChI is InChI=1S/C19H14ClN5O2/c1-12-15-7-2-3-8-16(15)22-17(18(12)20)10-27-19(26)13-5-4-6-14(9-13)25-11-21-23-24-25/h2-9,11H,10H2,1H3. The van der Waals surface area contributed by atoms with Gasteiger partial charge in [-0.15, -0.1) is 5.10 Å². The Hall–Kier alpha value is -3.32. The minimum Gasteiger partial charge on any atom is -0.456 e. The highest BCUT2D eigenvalue weighted by molar-refractivity contribution is 6.32. The van der Waals surface area contributed by atoms with Gasteiger partial charge in [0.05, 0.1) is 27.5 Å². The van der Waals surface area contributed by atoms with Crippen LogP contribution in [0.3, 0.4) is 0 Å². The van der Waals surface area contributed by atoms with E-state index in [2.05, 4.69) is 20.5 Å². The third kappa shape index (κ3) is 3.37. The first-order valence-electron chi connectivity index (χ1n) is 8.18. The van der Waals surface area contributed by atoms with Crippen molar-refractivity contribution in [3.8, 4) is 5.69 Å². The number of nitrogens with zero attached hydrogens (tertiary/aromatic N) is 5. The average Bonchev–Trinajstić information content (AvgIpc) is 3.24. The summed E-state index contributed by atoms with van der Waals surface area (Å²) in [7, 11) is 0. The van der Waals surface area contributed by atoms with E-state index in [-0.39, 0.29) is 6.61 Å². The first-order valence-corrected chi connectivity index (χ1v) is 8.55. The second kappa shape index (κ2) is 7.13. The molecule has 0 aliphatic heterocycles. The number of hydrogen-bond donors (Lipinski definition) is 0. The molecule has 0 radical (unpaired) electrons. The Balaban J connectivity index is 1.56. The summed E-state index contributed by atoms with van der Waals surface area (Å²) < 4.78 is 6.88. The van der Waals surface area contributed by atoms with Gasteiger partial charge in [0.25, 0.3) is 0 Å².